The molecule has 102 valence electrons. The maximum atomic E-state index is 12.1. The number of nitro groups is 1. The number of non-ortho nitro benzene ring substituents is 1. The molecular formula is C14H13N3O3. The van der Waals surface area contributed by atoms with Crippen molar-refractivity contribution < 1.29 is 9.72 Å². The van der Waals surface area contributed by atoms with E-state index in [1.165, 1.54) is 12.1 Å². The third-order valence-corrected chi connectivity index (χ3v) is 3.63. The lowest BCUT2D eigenvalue weighted by Gasteiger charge is -2.36. The van der Waals surface area contributed by atoms with Crippen molar-refractivity contribution in [2.24, 2.45) is 0 Å². The van der Waals surface area contributed by atoms with Gasteiger partial charge in [-0.05, 0) is 24.6 Å². The molecule has 2 aromatic rings. The van der Waals surface area contributed by atoms with E-state index < -0.39 is 10.5 Å². The summed E-state index contributed by atoms with van der Waals surface area (Å²) >= 11 is 0. The van der Waals surface area contributed by atoms with Crippen LogP contribution in [0.4, 0.5) is 5.69 Å². The molecule has 2 heterocycles. The van der Waals surface area contributed by atoms with E-state index >= 15 is 0 Å². The molecule has 3 rings (SSSR count). The van der Waals surface area contributed by atoms with Crippen molar-refractivity contribution in [3.05, 3.63) is 64.0 Å². The topological polar surface area (TPSA) is 77.2 Å². The maximum absolute atomic E-state index is 12.1. The van der Waals surface area contributed by atoms with Crippen LogP contribution in [-0.2, 0) is 12.1 Å². The molecule has 1 N–H and O–H groups in total. The summed E-state index contributed by atoms with van der Waals surface area (Å²) in [5.74, 6) is -0.171. The van der Waals surface area contributed by atoms with E-state index in [0.717, 1.165) is 5.56 Å². The normalized spacial score (nSPS) is 21.1. The number of hydrogen-bond donors (Lipinski definition) is 1. The molecule has 0 bridgehead atoms. The summed E-state index contributed by atoms with van der Waals surface area (Å²) in [5, 5.41) is 13.8. The molecule has 20 heavy (non-hydrogen) atoms. The number of nitrogens with zero attached hydrogens (tertiary/aromatic N) is 2. The van der Waals surface area contributed by atoms with Gasteiger partial charge in [0.15, 0.2) is 0 Å². The van der Waals surface area contributed by atoms with Gasteiger partial charge in [0.05, 0.1) is 10.5 Å². The molecule has 1 aromatic heterocycles. The summed E-state index contributed by atoms with van der Waals surface area (Å²) in [6.45, 7) is 2.41. The fraction of sp³-hybridized carbons (Fsp3) is 0.214. The molecule has 6 nitrogen and oxygen atoms in total. The number of nitrogens with one attached hydrogen (secondary N) is 1. The molecule has 1 unspecified atom stereocenters. The van der Waals surface area contributed by atoms with Gasteiger partial charge in [0, 0.05) is 24.9 Å². The van der Waals surface area contributed by atoms with E-state index in [9.17, 15) is 14.9 Å². The Kier molecular flexibility index (Phi) is 2.60. The van der Waals surface area contributed by atoms with E-state index in [4.69, 9.17) is 0 Å². The Labute approximate surface area is 115 Å². The van der Waals surface area contributed by atoms with E-state index in [1.807, 2.05) is 23.8 Å². The largest absolute Gasteiger partial charge is 0.341 e. The molecule has 0 saturated heterocycles. The lowest BCUT2D eigenvalue weighted by molar-refractivity contribution is -0.385. The highest BCUT2D eigenvalue weighted by Crippen LogP contribution is 2.29. The Morgan fingerprint density at radius 3 is 2.90 bits per heavy atom. The second kappa shape index (κ2) is 4.19. The molecule has 0 fully saturated rings. The monoisotopic (exact) mass is 271 g/mol. The van der Waals surface area contributed by atoms with Crippen LogP contribution in [0.3, 0.4) is 0 Å². The highest BCUT2D eigenvalue weighted by atomic mass is 16.6. The first kappa shape index (κ1) is 12.4. The van der Waals surface area contributed by atoms with E-state index in [-0.39, 0.29) is 11.6 Å². The Morgan fingerprint density at radius 2 is 2.15 bits per heavy atom. The van der Waals surface area contributed by atoms with Gasteiger partial charge in [0.25, 0.3) is 11.6 Å². The first-order valence-corrected chi connectivity index (χ1v) is 6.22. The average molecular weight is 271 g/mol. The fourth-order valence-corrected chi connectivity index (χ4v) is 2.58. The second-order valence-electron chi connectivity index (χ2n) is 5.11. The van der Waals surface area contributed by atoms with Crippen LogP contribution < -0.4 is 5.32 Å². The van der Waals surface area contributed by atoms with Crippen molar-refractivity contribution in [2.75, 3.05) is 0 Å². The van der Waals surface area contributed by atoms with Gasteiger partial charge in [-0.2, -0.15) is 0 Å². The molecule has 0 saturated carbocycles. The van der Waals surface area contributed by atoms with Gasteiger partial charge in [-0.1, -0.05) is 12.1 Å². The number of rotatable bonds is 2. The summed E-state index contributed by atoms with van der Waals surface area (Å²) in [6.07, 6.45) is 1.84. The zero-order chi connectivity index (χ0) is 14.3. The van der Waals surface area contributed by atoms with Crippen LogP contribution in [0.5, 0.6) is 0 Å². The van der Waals surface area contributed by atoms with Gasteiger partial charge in [0.2, 0.25) is 0 Å². The average Bonchev–Trinajstić information content (AvgIpc) is 2.87. The summed E-state index contributed by atoms with van der Waals surface area (Å²) in [7, 11) is 0. The summed E-state index contributed by atoms with van der Waals surface area (Å²) in [6, 6.07) is 9.95. The smallest absolute Gasteiger partial charge is 0.269 e. The van der Waals surface area contributed by atoms with Crippen molar-refractivity contribution in [3.63, 3.8) is 0 Å². The molecule has 1 aromatic carbocycles. The number of hydrogen-bond acceptors (Lipinski definition) is 3. The van der Waals surface area contributed by atoms with Crippen LogP contribution in [0.2, 0.25) is 0 Å². The first-order chi connectivity index (χ1) is 9.49. The quantitative estimate of drug-likeness (QED) is 0.670. The number of carbonyl (C=O) groups is 1. The van der Waals surface area contributed by atoms with Crippen LogP contribution in [0.1, 0.15) is 23.0 Å². The third-order valence-electron chi connectivity index (χ3n) is 3.63. The van der Waals surface area contributed by atoms with Gasteiger partial charge in [-0.3, -0.25) is 14.9 Å². The van der Waals surface area contributed by atoms with E-state index in [0.29, 0.717) is 12.2 Å². The lowest BCUT2D eigenvalue weighted by Crippen LogP contribution is -2.51. The van der Waals surface area contributed by atoms with Gasteiger partial charge >= 0.3 is 0 Å². The highest BCUT2D eigenvalue weighted by molar-refractivity contribution is 5.94. The molecular weight excluding hydrogens is 258 g/mol. The van der Waals surface area contributed by atoms with Gasteiger partial charge < -0.3 is 9.88 Å². The molecule has 1 amide bonds. The number of nitro benzene ring substituents is 1. The lowest BCUT2D eigenvalue weighted by atomic mass is 9.89. The molecule has 6 heteroatoms. The number of amides is 1. The minimum absolute atomic E-state index is 0.0243. The maximum Gasteiger partial charge on any atom is 0.269 e. The highest BCUT2D eigenvalue weighted by Gasteiger charge is 2.35. The zero-order valence-electron chi connectivity index (χ0n) is 10.9. The van der Waals surface area contributed by atoms with Crippen LogP contribution in [0, 0.1) is 10.1 Å². The number of fused-ring (bicyclic) bond motifs is 1. The summed E-state index contributed by atoms with van der Waals surface area (Å²) in [5.41, 5.74) is 0.693. The number of aromatic nitrogens is 1. The molecule has 1 atom stereocenters. The van der Waals surface area contributed by atoms with Gasteiger partial charge in [-0.15, -0.1) is 0 Å². The van der Waals surface area contributed by atoms with Gasteiger partial charge in [0.1, 0.15) is 5.69 Å². The van der Waals surface area contributed by atoms with Crippen LogP contribution >= 0.6 is 0 Å². The number of benzene rings is 1. The van der Waals surface area contributed by atoms with Crippen LogP contribution in [0.25, 0.3) is 0 Å². The Balaban J connectivity index is 2.04. The third kappa shape index (κ3) is 1.85. The van der Waals surface area contributed by atoms with Crippen molar-refractivity contribution in [1.29, 1.82) is 0 Å². The molecule has 0 radical (unpaired) electrons. The Bertz CT molecular complexity index is 707. The predicted octanol–water partition coefficient (Wildman–Crippen LogP) is 2.06. The van der Waals surface area contributed by atoms with Crippen molar-refractivity contribution >= 4 is 11.6 Å². The van der Waals surface area contributed by atoms with E-state index in [1.54, 1.807) is 18.2 Å². The standard InChI is InChI=1S/C14H13N3O3/c1-14(10-4-2-5-11(8-10)17(19)20)9-16-7-3-6-12(16)13(18)15-14/h2-8H,9H2,1H3,(H,15,18). The van der Waals surface area contributed by atoms with Gasteiger partial charge in [-0.25, -0.2) is 0 Å². The fourth-order valence-electron chi connectivity index (χ4n) is 2.58. The summed E-state index contributed by atoms with van der Waals surface area (Å²) < 4.78 is 1.86. The Hall–Kier alpha value is -2.63. The van der Waals surface area contributed by atoms with Crippen molar-refractivity contribution in [2.45, 2.75) is 19.0 Å². The minimum atomic E-state index is -0.658. The molecule has 1 aliphatic heterocycles. The van der Waals surface area contributed by atoms with Crippen LogP contribution in [-0.4, -0.2) is 15.4 Å². The van der Waals surface area contributed by atoms with Crippen LogP contribution in [0.15, 0.2) is 42.6 Å². The zero-order valence-corrected chi connectivity index (χ0v) is 10.9. The summed E-state index contributed by atoms with van der Waals surface area (Å²) in [4.78, 5) is 22.5. The Morgan fingerprint density at radius 1 is 1.35 bits per heavy atom. The van der Waals surface area contributed by atoms with Crippen molar-refractivity contribution in [3.8, 4) is 0 Å². The number of carbonyl (C=O) groups excluding carboxylic acids is 1. The SMILES string of the molecule is CC1(c2cccc([N+](=O)[O-])c2)Cn2cccc2C(=O)N1. The molecule has 0 aliphatic carbocycles. The second-order valence-corrected chi connectivity index (χ2v) is 5.11. The predicted molar refractivity (Wildman–Crippen MR) is 72.3 cm³/mol. The molecule has 1 aliphatic rings. The minimum Gasteiger partial charge on any atom is -0.341 e. The molecule has 0 spiro atoms. The first-order valence-electron chi connectivity index (χ1n) is 6.22. The van der Waals surface area contributed by atoms with Crippen molar-refractivity contribution in [1.82, 2.24) is 9.88 Å². The van der Waals surface area contributed by atoms with E-state index in [2.05, 4.69) is 5.32 Å².